The van der Waals surface area contributed by atoms with Crippen LogP contribution in [-0.2, 0) is 12.0 Å². The Bertz CT molecular complexity index is 1190. The van der Waals surface area contributed by atoms with Gasteiger partial charge in [0.1, 0.15) is 5.54 Å². The Kier molecular flexibility index (Phi) is 5.85. The summed E-state index contributed by atoms with van der Waals surface area (Å²) in [6, 6.07) is 19.3. The van der Waals surface area contributed by atoms with Crippen molar-refractivity contribution in [2.75, 3.05) is 23.7 Å². The van der Waals surface area contributed by atoms with E-state index in [2.05, 4.69) is 32.3 Å². The topological polar surface area (TPSA) is 70.5 Å². The smallest absolute Gasteiger partial charge is 0.257 e. The molecule has 6 nitrogen and oxygen atoms in total. The van der Waals surface area contributed by atoms with Crippen LogP contribution in [0.5, 0.6) is 0 Å². The Morgan fingerprint density at radius 2 is 1.91 bits per heavy atom. The molecule has 2 aliphatic rings. The van der Waals surface area contributed by atoms with E-state index >= 15 is 0 Å². The van der Waals surface area contributed by atoms with E-state index in [0.717, 1.165) is 11.3 Å². The van der Waals surface area contributed by atoms with Crippen LogP contribution in [0.2, 0.25) is 0 Å². The number of carbonyl (C=O) groups is 1. The van der Waals surface area contributed by atoms with E-state index in [1.54, 1.807) is 23.9 Å². The molecular formula is C25H24FN5OS. The molecule has 1 fully saturated rings. The molecule has 1 saturated heterocycles. The summed E-state index contributed by atoms with van der Waals surface area (Å²) in [7, 11) is 0. The highest BCUT2D eigenvalue weighted by Gasteiger charge is 2.51. The van der Waals surface area contributed by atoms with Crippen LogP contribution in [0.3, 0.4) is 0 Å². The zero-order valence-corrected chi connectivity index (χ0v) is 19.1. The number of aryl methyl sites for hydroxylation is 1. The lowest BCUT2D eigenvalue weighted by Crippen LogP contribution is -2.42. The highest BCUT2D eigenvalue weighted by atomic mass is 32.2. The molecule has 2 aromatic carbocycles. The average Bonchev–Trinajstić information content (AvgIpc) is 3.25. The minimum atomic E-state index is -0.546. The van der Waals surface area contributed by atoms with Gasteiger partial charge in [0.25, 0.3) is 5.91 Å². The SMILES string of the molecule is CCc1nc(N2C[C@H]3CSC(NC(=O)c4ccccc4)=NC3(c3ccccc3)C2)ncc1F. The summed E-state index contributed by atoms with van der Waals surface area (Å²) >= 11 is 1.55. The van der Waals surface area contributed by atoms with Gasteiger partial charge in [0.2, 0.25) is 5.95 Å². The molecule has 168 valence electrons. The minimum Gasteiger partial charge on any atom is -0.338 e. The normalized spacial score (nSPS) is 21.9. The van der Waals surface area contributed by atoms with E-state index < -0.39 is 5.54 Å². The van der Waals surface area contributed by atoms with Crippen molar-refractivity contribution in [2.45, 2.75) is 18.9 Å². The number of amides is 1. The number of benzene rings is 2. The van der Waals surface area contributed by atoms with Crippen molar-refractivity contribution in [2.24, 2.45) is 10.9 Å². The van der Waals surface area contributed by atoms with Gasteiger partial charge in [0, 0.05) is 23.8 Å². The summed E-state index contributed by atoms with van der Waals surface area (Å²) in [5.74, 6) is 0.957. The van der Waals surface area contributed by atoms with Gasteiger partial charge in [-0.1, -0.05) is 67.2 Å². The van der Waals surface area contributed by atoms with Gasteiger partial charge in [0.15, 0.2) is 11.0 Å². The molecule has 8 heteroatoms. The molecule has 0 saturated carbocycles. The van der Waals surface area contributed by atoms with Crippen molar-refractivity contribution < 1.29 is 9.18 Å². The van der Waals surface area contributed by atoms with Crippen molar-refractivity contribution in [3.8, 4) is 0 Å². The van der Waals surface area contributed by atoms with Crippen LogP contribution >= 0.6 is 11.8 Å². The van der Waals surface area contributed by atoms with Gasteiger partial charge in [-0.25, -0.2) is 19.4 Å². The second-order valence-electron chi connectivity index (χ2n) is 8.23. The van der Waals surface area contributed by atoms with Gasteiger partial charge in [-0.3, -0.25) is 4.79 Å². The van der Waals surface area contributed by atoms with Crippen LogP contribution in [0.4, 0.5) is 10.3 Å². The first kappa shape index (κ1) is 21.6. The third kappa shape index (κ3) is 4.11. The molecule has 0 bridgehead atoms. The van der Waals surface area contributed by atoms with E-state index in [1.807, 2.05) is 43.3 Å². The molecule has 0 spiro atoms. The van der Waals surface area contributed by atoms with Crippen molar-refractivity contribution in [1.82, 2.24) is 15.3 Å². The average molecular weight is 462 g/mol. The number of aromatic nitrogens is 2. The Hall–Kier alpha value is -3.26. The van der Waals surface area contributed by atoms with Gasteiger partial charge in [-0.15, -0.1) is 0 Å². The van der Waals surface area contributed by atoms with Gasteiger partial charge >= 0.3 is 0 Å². The maximum absolute atomic E-state index is 14.0. The van der Waals surface area contributed by atoms with E-state index in [-0.39, 0.29) is 17.6 Å². The van der Waals surface area contributed by atoms with Gasteiger partial charge in [-0.2, -0.15) is 0 Å². The molecule has 0 aliphatic carbocycles. The van der Waals surface area contributed by atoms with Gasteiger partial charge in [-0.05, 0) is 24.1 Å². The molecular weight excluding hydrogens is 437 g/mol. The van der Waals surface area contributed by atoms with Gasteiger partial charge < -0.3 is 10.2 Å². The molecule has 2 atom stereocenters. The monoisotopic (exact) mass is 461 g/mol. The second kappa shape index (κ2) is 8.94. The van der Waals surface area contributed by atoms with Crippen molar-refractivity contribution in [1.29, 1.82) is 0 Å². The molecule has 0 radical (unpaired) electrons. The lowest BCUT2D eigenvalue weighted by molar-refractivity contribution is 0.0977. The molecule has 33 heavy (non-hydrogen) atoms. The zero-order chi connectivity index (χ0) is 22.8. The van der Waals surface area contributed by atoms with Gasteiger partial charge in [0.05, 0.1) is 18.4 Å². The quantitative estimate of drug-likeness (QED) is 0.635. The number of aliphatic imine (C=N–C) groups is 1. The first-order valence-electron chi connectivity index (χ1n) is 11.0. The number of fused-ring (bicyclic) bond motifs is 1. The van der Waals surface area contributed by atoms with Crippen LogP contribution in [0, 0.1) is 11.7 Å². The molecule has 3 aromatic rings. The third-order valence-corrected chi connectivity index (χ3v) is 7.26. The number of nitrogens with zero attached hydrogens (tertiary/aromatic N) is 4. The molecule has 1 N–H and O–H groups in total. The first-order chi connectivity index (χ1) is 16.1. The molecule has 1 amide bonds. The molecule has 2 aliphatic heterocycles. The summed E-state index contributed by atoms with van der Waals surface area (Å²) in [5.41, 5.74) is 1.55. The van der Waals surface area contributed by atoms with Crippen LogP contribution in [-0.4, -0.2) is 39.9 Å². The number of thioether (sulfide) groups is 1. The number of anilines is 1. The summed E-state index contributed by atoms with van der Waals surface area (Å²) in [6.07, 6.45) is 1.76. The minimum absolute atomic E-state index is 0.173. The second-order valence-corrected chi connectivity index (χ2v) is 9.24. The fourth-order valence-electron chi connectivity index (χ4n) is 4.50. The molecule has 1 aromatic heterocycles. The largest absolute Gasteiger partial charge is 0.338 e. The number of nitrogens with one attached hydrogen (secondary N) is 1. The van der Waals surface area contributed by atoms with Crippen molar-refractivity contribution >= 4 is 28.8 Å². The van der Waals surface area contributed by atoms with Crippen LogP contribution in [0.15, 0.2) is 71.9 Å². The number of amidine groups is 1. The van der Waals surface area contributed by atoms with E-state index in [1.165, 1.54) is 6.20 Å². The molecule has 3 heterocycles. The Balaban J connectivity index is 1.49. The van der Waals surface area contributed by atoms with Crippen LogP contribution < -0.4 is 10.2 Å². The number of hydrogen-bond acceptors (Lipinski definition) is 6. The standard InChI is InChI=1S/C25H24FN5OS/c1-2-21-20(26)13-27-23(28-21)31-14-19-15-33-24(29-22(32)17-9-5-3-6-10-17)30-25(19,16-31)18-11-7-4-8-12-18/h3-13,19H,2,14-16H2,1H3,(H,29,30,32)/t19-,25?/m0/s1. The number of halogens is 1. The van der Waals surface area contributed by atoms with E-state index in [4.69, 9.17) is 4.99 Å². The fourth-order valence-corrected chi connectivity index (χ4v) is 5.63. The Labute approximate surface area is 196 Å². The first-order valence-corrected chi connectivity index (χ1v) is 12.0. The maximum Gasteiger partial charge on any atom is 0.257 e. The highest BCUT2D eigenvalue weighted by molar-refractivity contribution is 8.13. The summed E-state index contributed by atoms with van der Waals surface area (Å²) < 4.78 is 14.0. The predicted molar refractivity (Wildman–Crippen MR) is 129 cm³/mol. The van der Waals surface area contributed by atoms with Crippen LogP contribution in [0.25, 0.3) is 0 Å². The molecule has 1 unspecified atom stereocenters. The predicted octanol–water partition coefficient (Wildman–Crippen LogP) is 4.04. The third-order valence-electron chi connectivity index (χ3n) is 6.22. The summed E-state index contributed by atoms with van der Waals surface area (Å²) in [4.78, 5) is 28.7. The number of carbonyl (C=O) groups excluding carboxylic acids is 1. The maximum atomic E-state index is 14.0. The van der Waals surface area contributed by atoms with Crippen LogP contribution in [0.1, 0.15) is 28.5 Å². The lowest BCUT2D eigenvalue weighted by Gasteiger charge is -2.35. The molecule has 5 rings (SSSR count). The lowest BCUT2D eigenvalue weighted by atomic mass is 9.82. The summed E-state index contributed by atoms with van der Waals surface area (Å²) in [5, 5.41) is 3.61. The Morgan fingerprint density at radius 3 is 2.64 bits per heavy atom. The fraction of sp³-hybridized carbons (Fsp3) is 0.280. The summed E-state index contributed by atoms with van der Waals surface area (Å²) in [6.45, 7) is 3.15. The highest BCUT2D eigenvalue weighted by Crippen LogP contribution is 2.46. The Morgan fingerprint density at radius 1 is 1.18 bits per heavy atom. The zero-order valence-electron chi connectivity index (χ0n) is 18.2. The van der Waals surface area contributed by atoms with E-state index in [0.29, 0.717) is 41.9 Å². The van der Waals surface area contributed by atoms with Crippen molar-refractivity contribution in [3.63, 3.8) is 0 Å². The van der Waals surface area contributed by atoms with Crippen molar-refractivity contribution in [3.05, 3.63) is 89.5 Å². The van der Waals surface area contributed by atoms with E-state index in [9.17, 15) is 9.18 Å². The number of rotatable bonds is 4. The number of hydrogen-bond donors (Lipinski definition) is 1.